The van der Waals surface area contributed by atoms with Crippen LogP contribution in [0.1, 0.15) is 21.5 Å². The summed E-state index contributed by atoms with van der Waals surface area (Å²) in [5.41, 5.74) is 2.92. The zero-order valence-electron chi connectivity index (χ0n) is 18.4. The first kappa shape index (κ1) is 23.8. The summed E-state index contributed by atoms with van der Waals surface area (Å²) in [6, 6.07) is 31.2. The third kappa shape index (κ3) is 5.76. The van der Waals surface area contributed by atoms with E-state index in [2.05, 4.69) is 12.1 Å². The fourth-order valence-electron chi connectivity index (χ4n) is 3.78. The van der Waals surface area contributed by atoms with Crippen LogP contribution in [-0.4, -0.2) is 25.2 Å². The predicted molar refractivity (Wildman–Crippen MR) is 137 cm³/mol. The van der Waals surface area contributed by atoms with Crippen molar-refractivity contribution in [1.82, 2.24) is 0 Å². The second-order valence-electron chi connectivity index (χ2n) is 7.83. The lowest BCUT2D eigenvalue weighted by Gasteiger charge is -2.13. The van der Waals surface area contributed by atoms with E-state index in [1.165, 1.54) is 5.56 Å². The molecular formula is C28H24O4S2. The SMILES string of the molecule is O=C(O)c1cc(SCCc2ccccc2)ccc1CS(=O)(=O)c1ccccc1-c1ccccc1. The molecule has 4 aromatic rings. The van der Waals surface area contributed by atoms with E-state index >= 15 is 0 Å². The number of hydrogen-bond donors (Lipinski definition) is 1. The van der Waals surface area contributed by atoms with Crippen LogP contribution in [0, 0.1) is 0 Å². The topological polar surface area (TPSA) is 71.4 Å². The van der Waals surface area contributed by atoms with Gasteiger partial charge in [0.1, 0.15) is 0 Å². The highest BCUT2D eigenvalue weighted by Gasteiger charge is 2.23. The maximum atomic E-state index is 13.4. The van der Waals surface area contributed by atoms with Gasteiger partial charge in [0.2, 0.25) is 0 Å². The molecule has 34 heavy (non-hydrogen) atoms. The summed E-state index contributed by atoms with van der Waals surface area (Å²) in [6.07, 6.45) is 0.861. The van der Waals surface area contributed by atoms with Crippen LogP contribution in [0.15, 0.2) is 113 Å². The van der Waals surface area contributed by atoms with Gasteiger partial charge in [-0.25, -0.2) is 13.2 Å². The molecule has 0 aromatic heterocycles. The molecule has 4 rings (SSSR count). The number of thioether (sulfide) groups is 1. The van der Waals surface area contributed by atoms with Gasteiger partial charge >= 0.3 is 5.97 Å². The summed E-state index contributed by atoms with van der Waals surface area (Å²) in [4.78, 5) is 13.0. The largest absolute Gasteiger partial charge is 0.478 e. The number of hydrogen-bond acceptors (Lipinski definition) is 4. The van der Waals surface area contributed by atoms with Crippen molar-refractivity contribution in [2.45, 2.75) is 22.0 Å². The number of carboxylic acids is 1. The minimum Gasteiger partial charge on any atom is -0.478 e. The Hall–Kier alpha value is -3.35. The Morgan fingerprint density at radius 2 is 1.44 bits per heavy atom. The molecule has 1 N–H and O–H groups in total. The average Bonchev–Trinajstić information content (AvgIpc) is 2.86. The van der Waals surface area contributed by atoms with Crippen LogP contribution in [0.3, 0.4) is 0 Å². The Balaban J connectivity index is 1.57. The molecule has 0 atom stereocenters. The highest BCUT2D eigenvalue weighted by atomic mass is 32.2. The molecule has 0 spiro atoms. The highest BCUT2D eigenvalue weighted by Crippen LogP contribution is 2.31. The van der Waals surface area contributed by atoms with E-state index in [0.29, 0.717) is 5.56 Å². The van der Waals surface area contributed by atoms with Crippen LogP contribution in [0.2, 0.25) is 0 Å². The average molecular weight is 489 g/mol. The van der Waals surface area contributed by atoms with Crippen molar-refractivity contribution in [2.75, 3.05) is 5.75 Å². The summed E-state index contributed by atoms with van der Waals surface area (Å²) in [5.74, 6) is -0.717. The van der Waals surface area contributed by atoms with Gasteiger partial charge in [0.05, 0.1) is 16.2 Å². The van der Waals surface area contributed by atoms with E-state index in [-0.39, 0.29) is 21.8 Å². The lowest BCUT2D eigenvalue weighted by molar-refractivity contribution is 0.0695. The molecule has 172 valence electrons. The Morgan fingerprint density at radius 3 is 2.15 bits per heavy atom. The summed E-state index contributed by atoms with van der Waals surface area (Å²) in [6.45, 7) is 0. The fraction of sp³-hybridized carbons (Fsp3) is 0.107. The Morgan fingerprint density at radius 1 is 0.794 bits per heavy atom. The molecule has 0 aliphatic heterocycles. The van der Waals surface area contributed by atoms with Crippen molar-refractivity contribution in [3.63, 3.8) is 0 Å². The zero-order chi connectivity index (χ0) is 24.0. The van der Waals surface area contributed by atoms with Crippen LogP contribution in [-0.2, 0) is 22.0 Å². The molecular weight excluding hydrogens is 464 g/mol. The Labute approximate surface area is 204 Å². The van der Waals surface area contributed by atoms with Crippen LogP contribution < -0.4 is 0 Å². The van der Waals surface area contributed by atoms with Crippen molar-refractivity contribution in [3.8, 4) is 11.1 Å². The van der Waals surface area contributed by atoms with Crippen molar-refractivity contribution in [2.24, 2.45) is 0 Å². The molecule has 0 bridgehead atoms. The van der Waals surface area contributed by atoms with Gasteiger partial charge in [-0.2, -0.15) is 0 Å². The Kier molecular flexibility index (Phi) is 7.50. The fourth-order valence-corrected chi connectivity index (χ4v) is 6.34. The molecule has 0 aliphatic carbocycles. The quantitative estimate of drug-likeness (QED) is 0.278. The first-order chi connectivity index (χ1) is 16.4. The lowest BCUT2D eigenvalue weighted by atomic mass is 10.1. The third-order valence-electron chi connectivity index (χ3n) is 5.47. The third-order valence-corrected chi connectivity index (χ3v) is 8.18. The minimum atomic E-state index is -3.78. The van der Waals surface area contributed by atoms with E-state index in [4.69, 9.17) is 0 Å². The number of sulfone groups is 1. The molecule has 0 fully saturated rings. The monoisotopic (exact) mass is 488 g/mol. The summed E-state index contributed by atoms with van der Waals surface area (Å²) in [7, 11) is -3.78. The number of carbonyl (C=O) groups is 1. The summed E-state index contributed by atoms with van der Waals surface area (Å²) >= 11 is 1.56. The first-order valence-corrected chi connectivity index (χ1v) is 13.5. The van der Waals surface area contributed by atoms with Crippen LogP contribution in [0.4, 0.5) is 0 Å². The molecule has 0 heterocycles. The van der Waals surface area contributed by atoms with Crippen LogP contribution in [0.5, 0.6) is 0 Å². The van der Waals surface area contributed by atoms with Crippen LogP contribution >= 0.6 is 11.8 Å². The maximum Gasteiger partial charge on any atom is 0.336 e. The second-order valence-corrected chi connectivity index (χ2v) is 11.0. The van der Waals surface area contributed by atoms with Gasteiger partial charge < -0.3 is 5.11 Å². The predicted octanol–water partition coefficient (Wildman–Crippen LogP) is 6.36. The maximum absolute atomic E-state index is 13.4. The minimum absolute atomic E-state index is 0.0190. The number of aryl methyl sites for hydroxylation is 1. The lowest BCUT2D eigenvalue weighted by Crippen LogP contribution is -2.11. The molecule has 0 saturated heterocycles. The smallest absolute Gasteiger partial charge is 0.336 e. The van der Waals surface area contributed by atoms with E-state index in [9.17, 15) is 18.3 Å². The van der Waals surface area contributed by atoms with Crippen molar-refractivity contribution in [3.05, 3.63) is 120 Å². The number of rotatable bonds is 9. The molecule has 0 saturated carbocycles. The van der Waals surface area contributed by atoms with E-state index in [0.717, 1.165) is 22.6 Å². The molecule has 0 radical (unpaired) electrons. The van der Waals surface area contributed by atoms with Gasteiger partial charge in [-0.1, -0.05) is 84.9 Å². The van der Waals surface area contributed by atoms with Gasteiger partial charge in [0.15, 0.2) is 9.84 Å². The van der Waals surface area contributed by atoms with Crippen molar-refractivity contribution < 1.29 is 18.3 Å². The van der Waals surface area contributed by atoms with Gasteiger partial charge in [0, 0.05) is 16.2 Å². The van der Waals surface area contributed by atoms with E-state index in [1.807, 2.05) is 48.5 Å². The summed E-state index contributed by atoms with van der Waals surface area (Å²) in [5, 5.41) is 9.79. The molecule has 0 amide bonds. The molecule has 0 aliphatic rings. The van der Waals surface area contributed by atoms with Gasteiger partial charge in [-0.15, -0.1) is 11.8 Å². The van der Waals surface area contributed by atoms with Gasteiger partial charge in [0.25, 0.3) is 0 Å². The highest BCUT2D eigenvalue weighted by molar-refractivity contribution is 7.99. The standard InChI is InChI=1S/C28H24O4S2/c29-28(30)26-19-24(33-18-17-21-9-3-1-4-10-21)16-15-23(26)20-34(31,32)27-14-8-7-13-25(27)22-11-5-2-6-12-22/h1-16,19H,17-18,20H2,(H,29,30). The second kappa shape index (κ2) is 10.7. The number of benzene rings is 4. The van der Waals surface area contributed by atoms with Gasteiger partial charge in [-0.05, 0) is 41.3 Å². The van der Waals surface area contributed by atoms with E-state index < -0.39 is 15.8 Å². The molecule has 4 aromatic carbocycles. The number of carboxylic acid groups (broad SMARTS) is 1. The number of aromatic carboxylic acids is 1. The first-order valence-electron chi connectivity index (χ1n) is 10.8. The van der Waals surface area contributed by atoms with Crippen LogP contribution in [0.25, 0.3) is 11.1 Å². The van der Waals surface area contributed by atoms with E-state index in [1.54, 1.807) is 54.2 Å². The van der Waals surface area contributed by atoms with Gasteiger partial charge in [-0.3, -0.25) is 0 Å². The zero-order valence-corrected chi connectivity index (χ0v) is 20.1. The normalized spacial score (nSPS) is 11.3. The van der Waals surface area contributed by atoms with Crippen molar-refractivity contribution in [1.29, 1.82) is 0 Å². The van der Waals surface area contributed by atoms with Crippen molar-refractivity contribution >= 4 is 27.6 Å². The Bertz CT molecular complexity index is 1380. The molecule has 6 heteroatoms. The summed E-state index contributed by atoms with van der Waals surface area (Å²) < 4.78 is 26.8. The molecule has 4 nitrogen and oxygen atoms in total. The molecule has 0 unspecified atom stereocenters.